The second-order valence-electron chi connectivity index (χ2n) is 4.89. The average Bonchev–Trinajstić information content (AvgIpc) is 2.71. The molecular weight excluding hydrogens is 266 g/mol. The van der Waals surface area contributed by atoms with Gasteiger partial charge in [0.1, 0.15) is 5.82 Å². The number of sulfonamides is 1. The van der Waals surface area contributed by atoms with Gasteiger partial charge in [-0.05, 0) is 26.2 Å². The van der Waals surface area contributed by atoms with E-state index in [-0.39, 0.29) is 23.6 Å². The Morgan fingerprint density at radius 1 is 1.47 bits per heavy atom. The van der Waals surface area contributed by atoms with Gasteiger partial charge in [0.05, 0.1) is 0 Å². The fraction of sp³-hybridized carbons (Fsp3) is 0.750. The van der Waals surface area contributed by atoms with Crippen LogP contribution >= 0.6 is 0 Å². The zero-order chi connectivity index (χ0) is 14.6. The van der Waals surface area contributed by atoms with Crippen molar-refractivity contribution >= 4 is 10.0 Å². The minimum Gasteiger partial charge on any atom is -0.396 e. The lowest BCUT2D eigenvalue weighted by molar-refractivity contribution is 0.216. The van der Waals surface area contributed by atoms with Gasteiger partial charge in [-0.2, -0.15) is 0 Å². The first kappa shape index (κ1) is 16.1. The Morgan fingerprint density at radius 2 is 2.11 bits per heavy atom. The van der Waals surface area contributed by atoms with Crippen LogP contribution in [0.25, 0.3) is 0 Å². The number of imidazole rings is 1. The first-order valence-corrected chi connectivity index (χ1v) is 7.97. The van der Waals surface area contributed by atoms with Crippen LogP contribution in [0, 0.1) is 12.8 Å². The van der Waals surface area contributed by atoms with E-state index in [9.17, 15) is 8.42 Å². The van der Waals surface area contributed by atoms with Crippen LogP contribution in [-0.4, -0.2) is 35.7 Å². The van der Waals surface area contributed by atoms with Gasteiger partial charge in [0.15, 0.2) is 5.03 Å². The van der Waals surface area contributed by atoms with Crippen molar-refractivity contribution in [3.8, 4) is 0 Å². The first-order valence-electron chi connectivity index (χ1n) is 6.48. The largest absolute Gasteiger partial charge is 0.396 e. The van der Waals surface area contributed by atoms with Crippen LogP contribution in [0.3, 0.4) is 0 Å². The fourth-order valence-corrected chi connectivity index (χ4v) is 3.02. The average molecular weight is 289 g/mol. The molecule has 6 nitrogen and oxygen atoms in total. The third-order valence-electron chi connectivity index (χ3n) is 3.18. The molecule has 2 unspecified atom stereocenters. The van der Waals surface area contributed by atoms with Crippen LogP contribution in [0.2, 0.25) is 0 Å². The van der Waals surface area contributed by atoms with Gasteiger partial charge >= 0.3 is 0 Å². The van der Waals surface area contributed by atoms with Crippen molar-refractivity contribution in [2.75, 3.05) is 6.61 Å². The lowest BCUT2D eigenvalue weighted by Crippen LogP contribution is -2.38. The zero-order valence-corrected chi connectivity index (χ0v) is 12.7. The summed E-state index contributed by atoms with van der Waals surface area (Å²) in [5.74, 6) is 0.540. The highest BCUT2D eigenvalue weighted by Gasteiger charge is 2.23. The molecule has 0 aromatic carbocycles. The van der Waals surface area contributed by atoms with Crippen molar-refractivity contribution in [2.24, 2.45) is 5.92 Å². The summed E-state index contributed by atoms with van der Waals surface area (Å²) in [6.45, 7) is 8.01. The maximum absolute atomic E-state index is 12.2. The maximum Gasteiger partial charge on any atom is 0.259 e. The fourth-order valence-electron chi connectivity index (χ4n) is 1.66. The number of aliphatic hydroxyl groups is 1. The van der Waals surface area contributed by atoms with Crippen LogP contribution in [0.4, 0.5) is 0 Å². The van der Waals surface area contributed by atoms with Crippen molar-refractivity contribution in [2.45, 2.75) is 51.7 Å². The van der Waals surface area contributed by atoms with E-state index < -0.39 is 10.0 Å². The Balaban J connectivity index is 2.91. The molecule has 1 aromatic heterocycles. The Kier molecular flexibility index (Phi) is 5.51. The molecule has 0 aliphatic rings. The molecule has 0 amide bonds. The molecule has 0 fully saturated rings. The number of hydrogen-bond donors (Lipinski definition) is 2. The Bertz CT molecular complexity index is 510. The Morgan fingerprint density at radius 3 is 2.63 bits per heavy atom. The van der Waals surface area contributed by atoms with E-state index in [2.05, 4.69) is 9.71 Å². The number of nitrogens with one attached hydrogen (secondary N) is 1. The monoisotopic (exact) mass is 289 g/mol. The third-order valence-corrected chi connectivity index (χ3v) is 4.61. The molecule has 1 heterocycles. The number of hydrogen-bond acceptors (Lipinski definition) is 4. The van der Waals surface area contributed by atoms with E-state index in [1.807, 2.05) is 11.5 Å². The molecule has 19 heavy (non-hydrogen) atoms. The molecular formula is C12H23N3O3S. The third kappa shape index (κ3) is 4.02. The lowest BCUT2D eigenvalue weighted by atomic mass is 10.1. The van der Waals surface area contributed by atoms with E-state index in [4.69, 9.17) is 5.11 Å². The van der Waals surface area contributed by atoms with Crippen molar-refractivity contribution in [1.29, 1.82) is 0 Å². The molecule has 7 heteroatoms. The summed E-state index contributed by atoms with van der Waals surface area (Å²) >= 11 is 0. The highest BCUT2D eigenvalue weighted by Crippen LogP contribution is 2.12. The van der Waals surface area contributed by atoms with Gasteiger partial charge in [-0.1, -0.05) is 13.8 Å². The first-order chi connectivity index (χ1) is 8.81. The minimum absolute atomic E-state index is 0.0374. The Hall–Kier alpha value is -0.920. The molecule has 0 aliphatic carbocycles. The summed E-state index contributed by atoms with van der Waals surface area (Å²) in [5, 5.41) is 9.07. The van der Waals surface area contributed by atoms with E-state index in [0.29, 0.717) is 5.82 Å². The topological polar surface area (TPSA) is 84.2 Å². The maximum atomic E-state index is 12.2. The van der Waals surface area contributed by atoms with E-state index in [0.717, 1.165) is 13.0 Å². The number of aliphatic hydroxyl groups excluding tert-OH is 1. The summed E-state index contributed by atoms with van der Waals surface area (Å²) in [4.78, 5) is 4.09. The second-order valence-corrected chi connectivity index (χ2v) is 6.55. The van der Waals surface area contributed by atoms with Gasteiger partial charge in [-0.3, -0.25) is 0 Å². The molecule has 2 atom stereocenters. The number of aryl methyl sites for hydroxylation is 2. The molecule has 0 saturated carbocycles. The predicted octanol–water partition coefficient (Wildman–Crippen LogP) is 0.897. The highest BCUT2D eigenvalue weighted by molar-refractivity contribution is 7.89. The number of rotatable bonds is 7. The van der Waals surface area contributed by atoms with Gasteiger partial charge in [0, 0.05) is 25.4 Å². The minimum atomic E-state index is -3.63. The number of nitrogens with zero attached hydrogens (tertiary/aromatic N) is 2. The van der Waals surface area contributed by atoms with E-state index in [1.165, 1.54) is 0 Å². The molecule has 110 valence electrons. The Labute approximate surface area is 114 Å². The van der Waals surface area contributed by atoms with E-state index >= 15 is 0 Å². The van der Waals surface area contributed by atoms with Gasteiger partial charge in [0.2, 0.25) is 0 Å². The molecule has 2 N–H and O–H groups in total. The molecule has 1 aromatic rings. The van der Waals surface area contributed by atoms with E-state index in [1.54, 1.807) is 27.0 Å². The standard InChI is InChI=1S/C12H23N3O3S/c1-5-6-15-7-12(13-11(15)4)19(17,18)14-10(3)9(2)8-16/h7,9-10,14,16H,5-6,8H2,1-4H3. The van der Waals surface area contributed by atoms with Crippen molar-refractivity contribution in [3.05, 3.63) is 12.0 Å². The smallest absolute Gasteiger partial charge is 0.259 e. The summed E-state index contributed by atoms with van der Waals surface area (Å²) in [6, 6.07) is -0.341. The van der Waals surface area contributed by atoms with Crippen LogP contribution in [0.5, 0.6) is 0 Å². The summed E-state index contributed by atoms with van der Waals surface area (Å²) < 4.78 is 28.7. The molecule has 0 radical (unpaired) electrons. The molecule has 1 rings (SSSR count). The second kappa shape index (κ2) is 6.49. The SMILES string of the molecule is CCCn1cc(S(=O)(=O)NC(C)C(C)CO)nc1C. The summed E-state index contributed by atoms with van der Waals surface area (Å²) in [6.07, 6.45) is 2.47. The van der Waals surface area contributed by atoms with Crippen LogP contribution in [0.15, 0.2) is 11.2 Å². The zero-order valence-electron chi connectivity index (χ0n) is 11.9. The van der Waals surface area contributed by atoms with Crippen molar-refractivity contribution in [1.82, 2.24) is 14.3 Å². The van der Waals surface area contributed by atoms with Gasteiger partial charge in [0.25, 0.3) is 10.0 Å². The van der Waals surface area contributed by atoms with Gasteiger partial charge in [-0.15, -0.1) is 0 Å². The number of aromatic nitrogens is 2. The highest BCUT2D eigenvalue weighted by atomic mass is 32.2. The molecule has 0 spiro atoms. The van der Waals surface area contributed by atoms with Crippen molar-refractivity contribution < 1.29 is 13.5 Å². The predicted molar refractivity (Wildman–Crippen MR) is 73.3 cm³/mol. The van der Waals surface area contributed by atoms with Crippen LogP contribution < -0.4 is 4.72 Å². The normalized spacial score (nSPS) is 15.4. The summed E-state index contributed by atoms with van der Waals surface area (Å²) in [7, 11) is -3.63. The molecule has 0 bridgehead atoms. The molecule has 0 saturated heterocycles. The van der Waals surface area contributed by atoms with Crippen LogP contribution in [0.1, 0.15) is 33.0 Å². The quantitative estimate of drug-likeness (QED) is 0.781. The van der Waals surface area contributed by atoms with Gasteiger partial charge < -0.3 is 9.67 Å². The molecule has 0 aliphatic heterocycles. The summed E-state index contributed by atoms with van der Waals surface area (Å²) in [5.41, 5.74) is 0. The van der Waals surface area contributed by atoms with Crippen LogP contribution in [-0.2, 0) is 16.6 Å². The van der Waals surface area contributed by atoms with Crippen molar-refractivity contribution in [3.63, 3.8) is 0 Å². The lowest BCUT2D eigenvalue weighted by Gasteiger charge is -2.18. The van der Waals surface area contributed by atoms with Gasteiger partial charge in [-0.25, -0.2) is 18.1 Å².